The van der Waals surface area contributed by atoms with Crippen molar-refractivity contribution in [3.8, 4) is 22.6 Å². The monoisotopic (exact) mass is 434 g/mol. The molecular formula is C28H31FO3. The highest BCUT2D eigenvalue weighted by Gasteiger charge is 2.18. The maximum absolute atomic E-state index is 14.7. The lowest BCUT2D eigenvalue weighted by molar-refractivity contribution is -0.107. The van der Waals surface area contributed by atoms with Crippen LogP contribution in [0.4, 0.5) is 4.39 Å². The zero-order chi connectivity index (χ0) is 23.1. The Labute approximate surface area is 190 Å². The third kappa shape index (κ3) is 6.43. The van der Waals surface area contributed by atoms with E-state index in [1.165, 1.54) is 6.07 Å². The number of hydrogen-bond donors (Lipinski definition) is 0. The van der Waals surface area contributed by atoms with E-state index >= 15 is 0 Å². The van der Waals surface area contributed by atoms with Crippen LogP contribution in [0.15, 0.2) is 60.7 Å². The SMILES string of the molecule is COc1ccc(F)c(-c2ccc(OCc3cccc(CCC=O)c3)cc2CC(C)(C)C)c1. The van der Waals surface area contributed by atoms with Gasteiger partial charge in [0.15, 0.2) is 0 Å². The summed E-state index contributed by atoms with van der Waals surface area (Å²) in [7, 11) is 1.58. The molecule has 0 aliphatic carbocycles. The molecule has 0 unspecified atom stereocenters. The van der Waals surface area contributed by atoms with Crippen molar-refractivity contribution in [3.05, 3.63) is 83.2 Å². The van der Waals surface area contributed by atoms with E-state index in [1.54, 1.807) is 19.2 Å². The summed E-state index contributed by atoms with van der Waals surface area (Å²) in [5.41, 5.74) is 4.60. The van der Waals surface area contributed by atoms with Crippen LogP contribution in [0.3, 0.4) is 0 Å². The summed E-state index contributed by atoms with van der Waals surface area (Å²) in [4.78, 5) is 10.6. The first kappa shape index (κ1) is 23.5. The first-order valence-electron chi connectivity index (χ1n) is 10.9. The van der Waals surface area contributed by atoms with Gasteiger partial charge >= 0.3 is 0 Å². The summed E-state index contributed by atoms with van der Waals surface area (Å²) in [6.45, 7) is 6.92. The van der Waals surface area contributed by atoms with Gasteiger partial charge in [0, 0.05) is 12.0 Å². The number of ether oxygens (including phenoxy) is 2. The first-order chi connectivity index (χ1) is 15.3. The Bertz CT molecular complexity index is 1070. The molecule has 0 heterocycles. The summed E-state index contributed by atoms with van der Waals surface area (Å²) in [6, 6.07) is 18.7. The molecule has 0 N–H and O–H groups in total. The topological polar surface area (TPSA) is 35.5 Å². The van der Waals surface area contributed by atoms with Crippen LogP contribution in [0.5, 0.6) is 11.5 Å². The van der Waals surface area contributed by atoms with Crippen LogP contribution in [0, 0.1) is 11.2 Å². The second kappa shape index (κ2) is 10.4. The minimum absolute atomic E-state index is 0.0234. The quantitative estimate of drug-likeness (QED) is 0.347. The van der Waals surface area contributed by atoms with Crippen LogP contribution in [0.1, 0.15) is 43.9 Å². The van der Waals surface area contributed by atoms with Gasteiger partial charge in [0.2, 0.25) is 0 Å². The zero-order valence-corrected chi connectivity index (χ0v) is 19.3. The molecule has 0 fully saturated rings. The molecule has 168 valence electrons. The van der Waals surface area contributed by atoms with Crippen LogP contribution >= 0.6 is 0 Å². The van der Waals surface area contributed by atoms with E-state index in [9.17, 15) is 9.18 Å². The Hall–Kier alpha value is -3.14. The molecule has 0 saturated heterocycles. The molecule has 0 aliphatic heterocycles. The Kier molecular flexibility index (Phi) is 7.68. The zero-order valence-electron chi connectivity index (χ0n) is 19.3. The fourth-order valence-corrected chi connectivity index (χ4v) is 3.75. The molecule has 4 heteroatoms. The van der Waals surface area contributed by atoms with Gasteiger partial charge in [0.25, 0.3) is 0 Å². The molecule has 3 aromatic carbocycles. The van der Waals surface area contributed by atoms with E-state index in [0.717, 1.165) is 47.1 Å². The van der Waals surface area contributed by atoms with Crippen molar-refractivity contribution >= 4 is 6.29 Å². The van der Waals surface area contributed by atoms with Crippen molar-refractivity contribution < 1.29 is 18.7 Å². The minimum Gasteiger partial charge on any atom is -0.497 e. The van der Waals surface area contributed by atoms with Gasteiger partial charge in [-0.05, 0) is 70.8 Å². The molecule has 0 saturated carbocycles. The van der Waals surface area contributed by atoms with Gasteiger partial charge in [0.1, 0.15) is 30.2 Å². The predicted molar refractivity (Wildman–Crippen MR) is 127 cm³/mol. The fourth-order valence-electron chi connectivity index (χ4n) is 3.75. The summed E-state index contributed by atoms with van der Waals surface area (Å²) in [6.07, 6.45) is 2.96. The highest BCUT2D eigenvalue weighted by molar-refractivity contribution is 5.70. The van der Waals surface area contributed by atoms with Gasteiger partial charge in [-0.2, -0.15) is 0 Å². The average molecular weight is 435 g/mol. The van der Waals surface area contributed by atoms with Crippen molar-refractivity contribution in [1.29, 1.82) is 0 Å². The summed E-state index contributed by atoms with van der Waals surface area (Å²) < 4.78 is 26.1. The fraction of sp³-hybridized carbons (Fsp3) is 0.321. The lowest BCUT2D eigenvalue weighted by atomic mass is 9.84. The molecule has 32 heavy (non-hydrogen) atoms. The third-order valence-electron chi connectivity index (χ3n) is 5.21. The number of benzene rings is 3. The number of carbonyl (C=O) groups excluding carboxylic acids is 1. The summed E-state index contributed by atoms with van der Waals surface area (Å²) >= 11 is 0. The number of carbonyl (C=O) groups is 1. The van der Waals surface area contributed by atoms with Gasteiger partial charge < -0.3 is 14.3 Å². The number of aldehydes is 1. The van der Waals surface area contributed by atoms with Crippen molar-refractivity contribution in [2.75, 3.05) is 7.11 Å². The maximum Gasteiger partial charge on any atom is 0.131 e. The van der Waals surface area contributed by atoms with Gasteiger partial charge in [0.05, 0.1) is 7.11 Å². The molecule has 0 bridgehead atoms. The minimum atomic E-state index is -0.276. The summed E-state index contributed by atoms with van der Waals surface area (Å²) in [5.74, 6) is 1.09. The van der Waals surface area contributed by atoms with E-state index in [4.69, 9.17) is 9.47 Å². The Balaban J connectivity index is 1.88. The Morgan fingerprint density at radius 2 is 1.66 bits per heavy atom. The second-order valence-electron chi connectivity index (χ2n) is 9.22. The summed E-state index contributed by atoms with van der Waals surface area (Å²) in [5, 5.41) is 0. The average Bonchev–Trinajstić information content (AvgIpc) is 2.76. The molecule has 0 spiro atoms. The molecule has 0 aromatic heterocycles. The van der Waals surface area contributed by atoms with Crippen LogP contribution in [0.2, 0.25) is 0 Å². The smallest absolute Gasteiger partial charge is 0.131 e. The molecular weight excluding hydrogens is 403 g/mol. The molecule has 0 aliphatic rings. The third-order valence-corrected chi connectivity index (χ3v) is 5.21. The van der Waals surface area contributed by atoms with E-state index < -0.39 is 0 Å². The number of hydrogen-bond acceptors (Lipinski definition) is 3. The number of aryl methyl sites for hydroxylation is 1. The van der Waals surface area contributed by atoms with E-state index in [2.05, 4.69) is 26.8 Å². The standard InChI is InChI=1S/C28H31FO3/c1-28(2,3)18-22-16-24(32-19-21-8-5-7-20(15-21)9-6-14-30)10-12-25(22)26-17-23(31-4)11-13-27(26)29/h5,7-8,10-17H,6,9,18-19H2,1-4H3. The van der Waals surface area contributed by atoms with Crippen molar-refractivity contribution in [2.24, 2.45) is 5.41 Å². The normalized spacial score (nSPS) is 11.3. The van der Waals surface area contributed by atoms with E-state index in [-0.39, 0.29) is 11.2 Å². The Morgan fingerprint density at radius 3 is 2.38 bits per heavy atom. The van der Waals surface area contributed by atoms with Crippen molar-refractivity contribution in [1.82, 2.24) is 0 Å². The van der Waals surface area contributed by atoms with Gasteiger partial charge in [-0.25, -0.2) is 4.39 Å². The lowest BCUT2D eigenvalue weighted by Gasteiger charge is -2.22. The van der Waals surface area contributed by atoms with Gasteiger partial charge in [-0.1, -0.05) is 51.1 Å². The largest absolute Gasteiger partial charge is 0.497 e. The van der Waals surface area contributed by atoms with Crippen molar-refractivity contribution in [3.63, 3.8) is 0 Å². The molecule has 3 aromatic rings. The van der Waals surface area contributed by atoms with E-state index in [1.807, 2.05) is 36.4 Å². The molecule has 3 nitrogen and oxygen atoms in total. The highest BCUT2D eigenvalue weighted by atomic mass is 19.1. The lowest BCUT2D eigenvalue weighted by Crippen LogP contribution is -2.10. The molecule has 0 radical (unpaired) electrons. The highest BCUT2D eigenvalue weighted by Crippen LogP contribution is 2.35. The van der Waals surface area contributed by atoms with Crippen LogP contribution < -0.4 is 9.47 Å². The van der Waals surface area contributed by atoms with Crippen LogP contribution in [0.25, 0.3) is 11.1 Å². The van der Waals surface area contributed by atoms with Crippen LogP contribution in [-0.2, 0) is 24.2 Å². The number of methoxy groups -OCH3 is 1. The van der Waals surface area contributed by atoms with Crippen LogP contribution in [-0.4, -0.2) is 13.4 Å². The maximum atomic E-state index is 14.7. The van der Waals surface area contributed by atoms with Gasteiger partial charge in [-0.3, -0.25) is 0 Å². The first-order valence-corrected chi connectivity index (χ1v) is 10.9. The second-order valence-corrected chi connectivity index (χ2v) is 9.22. The van der Waals surface area contributed by atoms with Crippen molar-refractivity contribution in [2.45, 2.75) is 46.6 Å². The molecule has 0 amide bonds. The van der Waals surface area contributed by atoms with E-state index in [0.29, 0.717) is 24.3 Å². The predicted octanol–water partition coefficient (Wildman–Crippen LogP) is 6.80. The number of halogens is 1. The molecule has 3 rings (SSSR count). The molecule has 0 atom stereocenters. The van der Waals surface area contributed by atoms with Gasteiger partial charge in [-0.15, -0.1) is 0 Å². The Morgan fingerprint density at radius 1 is 0.906 bits per heavy atom. The number of rotatable bonds is 9.